The molecular formula is C23H36N2O3. The monoisotopic (exact) mass is 388 g/mol. The molecule has 0 heterocycles. The van der Waals surface area contributed by atoms with Crippen LogP contribution in [0.2, 0.25) is 0 Å². The molecule has 0 amide bonds. The SMILES string of the molecule is CC(C)N.CCON=C(CC)C1=C(O)CC(c2c(C)cc(C)cc2C)CC1=O. The van der Waals surface area contributed by atoms with Crippen LogP contribution in [0.5, 0.6) is 0 Å². The average Bonchev–Trinajstić information content (AvgIpc) is 2.55. The van der Waals surface area contributed by atoms with Gasteiger partial charge in [0.1, 0.15) is 12.4 Å². The lowest BCUT2D eigenvalue weighted by Gasteiger charge is -2.27. The maximum Gasteiger partial charge on any atom is 0.168 e. The van der Waals surface area contributed by atoms with Crippen LogP contribution in [0, 0.1) is 20.8 Å². The number of hydrogen-bond donors (Lipinski definition) is 2. The highest BCUT2D eigenvalue weighted by molar-refractivity contribution is 6.23. The molecular weight excluding hydrogens is 352 g/mol. The number of aryl methyl sites for hydroxylation is 3. The topological polar surface area (TPSA) is 84.9 Å². The molecule has 1 aromatic rings. The van der Waals surface area contributed by atoms with E-state index < -0.39 is 0 Å². The Labute approximate surface area is 169 Å². The number of rotatable bonds is 5. The van der Waals surface area contributed by atoms with E-state index in [2.05, 4.69) is 38.1 Å². The second-order valence-electron chi connectivity index (χ2n) is 7.72. The molecule has 28 heavy (non-hydrogen) atoms. The minimum atomic E-state index is -0.0524. The first-order valence-corrected chi connectivity index (χ1v) is 10.1. The van der Waals surface area contributed by atoms with Crippen molar-refractivity contribution in [2.75, 3.05) is 6.61 Å². The van der Waals surface area contributed by atoms with Gasteiger partial charge in [-0.1, -0.05) is 43.6 Å². The quantitative estimate of drug-likeness (QED) is 0.547. The van der Waals surface area contributed by atoms with E-state index in [1.165, 1.54) is 22.3 Å². The number of oxime groups is 1. The largest absolute Gasteiger partial charge is 0.511 e. The summed E-state index contributed by atoms with van der Waals surface area (Å²) in [5, 5.41) is 14.5. The molecule has 0 radical (unpaired) electrons. The highest BCUT2D eigenvalue weighted by Gasteiger charge is 2.32. The summed E-state index contributed by atoms with van der Waals surface area (Å²) in [6.07, 6.45) is 1.42. The van der Waals surface area contributed by atoms with E-state index in [0.29, 0.717) is 43.2 Å². The fourth-order valence-corrected chi connectivity index (χ4v) is 3.69. The molecule has 156 valence electrons. The minimum Gasteiger partial charge on any atom is -0.511 e. The van der Waals surface area contributed by atoms with Crippen LogP contribution in [0.25, 0.3) is 0 Å². The number of aliphatic hydroxyl groups is 1. The van der Waals surface area contributed by atoms with Crippen LogP contribution in [-0.4, -0.2) is 29.3 Å². The summed E-state index contributed by atoms with van der Waals surface area (Å²) in [7, 11) is 0. The molecule has 3 N–H and O–H groups in total. The Hall–Kier alpha value is -2.14. The van der Waals surface area contributed by atoms with Gasteiger partial charge in [-0.25, -0.2) is 0 Å². The van der Waals surface area contributed by atoms with Gasteiger partial charge in [0.05, 0.1) is 11.3 Å². The van der Waals surface area contributed by atoms with E-state index in [4.69, 9.17) is 10.6 Å². The van der Waals surface area contributed by atoms with E-state index in [-0.39, 0.29) is 17.5 Å². The molecule has 0 aromatic heterocycles. The molecule has 1 aliphatic carbocycles. The lowest BCUT2D eigenvalue weighted by Crippen LogP contribution is -2.24. The third-order valence-electron chi connectivity index (χ3n) is 4.51. The molecule has 0 bridgehead atoms. The van der Waals surface area contributed by atoms with E-state index in [0.717, 1.165) is 0 Å². The van der Waals surface area contributed by atoms with E-state index >= 15 is 0 Å². The van der Waals surface area contributed by atoms with Crippen LogP contribution in [0.3, 0.4) is 0 Å². The average molecular weight is 389 g/mol. The second kappa shape index (κ2) is 11.0. The van der Waals surface area contributed by atoms with Gasteiger partial charge in [0, 0.05) is 12.8 Å². The number of carbonyl (C=O) groups excluding carboxylic acids is 1. The number of nitrogens with two attached hydrogens (primary N) is 1. The molecule has 0 saturated heterocycles. The maximum absolute atomic E-state index is 12.7. The van der Waals surface area contributed by atoms with Crippen molar-refractivity contribution in [2.24, 2.45) is 10.9 Å². The summed E-state index contributed by atoms with van der Waals surface area (Å²) >= 11 is 0. The number of carbonyl (C=O) groups is 1. The highest BCUT2D eigenvalue weighted by atomic mass is 16.6. The molecule has 1 aromatic carbocycles. The van der Waals surface area contributed by atoms with Gasteiger partial charge in [-0.3, -0.25) is 4.79 Å². The van der Waals surface area contributed by atoms with Gasteiger partial charge in [0.25, 0.3) is 0 Å². The molecule has 0 fully saturated rings. The second-order valence-corrected chi connectivity index (χ2v) is 7.72. The first-order valence-electron chi connectivity index (χ1n) is 10.1. The molecule has 5 heteroatoms. The van der Waals surface area contributed by atoms with Gasteiger partial charge in [-0.2, -0.15) is 0 Å². The van der Waals surface area contributed by atoms with Crippen molar-refractivity contribution >= 4 is 11.5 Å². The number of hydrogen-bond acceptors (Lipinski definition) is 5. The predicted octanol–water partition coefficient (Wildman–Crippen LogP) is 5.03. The van der Waals surface area contributed by atoms with E-state index in [1.54, 1.807) is 0 Å². The van der Waals surface area contributed by atoms with E-state index in [9.17, 15) is 9.90 Å². The number of nitrogens with zero attached hydrogens (tertiary/aromatic N) is 1. The van der Waals surface area contributed by atoms with Crippen molar-refractivity contribution in [1.82, 2.24) is 0 Å². The van der Waals surface area contributed by atoms with Crippen LogP contribution in [-0.2, 0) is 9.63 Å². The third kappa shape index (κ3) is 6.48. The van der Waals surface area contributed by atoms with Crippen molar-refractivity contribution in [3.8, 4) is 0 Å². The molecule has 1 aliphatic rings. The van der Waals surface area contributed by atoms with Crippen molar-refractivity contribution < 1.29 is 14.7 Å². The fourth-order valence-electron chi connectivity index (χ4n) is 3.69. The summed E-state index contributed by atoms with van der Waals surface area (Å²) in [6, 6.07) is 4.61. The zero-order valence-corrected chi connectivity index (χ0v) is 18.4. The minimum absolute atomic E-state index is 0.0204. The van der Waals surface area contributed by atoms with Gasteiger partial charge in [0.2, 0.25) is 0 Å². The standard InChI is InChI=1S/C20H27NO3.C3H9N/c1-6-16(21-24-7-2)20-17(22)10-15(11-18(20)23)19-13(4)8-12(3)9-14(19)5;1-3(2)4/h8-9,15,22H,6-7,10-11H2,1-5H3;3H,4H2,1-2H3. The number of ketones is 1. The Morgan fingerprint density at radius 3 is 2.18 bits per heavy atom. The number of allylic oxidation sites excluding steroid dienone is 2. The summed E-state index contributed by atoms with van der Waals surface area (Å²) in [4.78, 5) is 17.8. The van der Waals surface area contributed by atoms with Crippen LogP contribution in [0.15, 0.2) is 28.6 Å². The number of benzene rings is 1. The summed E-state index contributed by atoms with van der Waals surface area (Å²) in [5.41, 5.74) is 10.8. The van der Waals surface area contributed by atoms with E-state index in [1.807, 2.05) is 27.7 Å². The smallest absolute Gasteiger partial charge is 0.168 e. The fraction of sp³-hybridized carbons (Fsp3) is 0.565. The lowest BCUT2D eigenvalue weighted by atomic mass is 9.78. The summed E-state index contributed by atoms with van der Waals surface area (Å²) < 4.78 is 0. The Balaban J connectivity index is 0.000000892. The van der Waals surface area contributed by atoms with Gasteiger partial charge >= 0.3 is 0 Å². The normalized spacial score (nSPS) is 17.5. The number of Topliss-reactive ketones (excluding diaryl/α,β-unsaturated/α-hetero) is 1. The molecule has 0 spiro atoms. The highest BCUT2D eigenvalue weighted by Crippen LogP contribution is 2.37. The van der Waals surface area contributed by atoms with Crippen molar-refractivity contribution in [2.45, 2.75) is 79.7 Å². The zero-order chi connectivity index (χ0) is 21.4. The third-order valence-corrected chi connectivity index (χ3v) is 4.51. The summed E-state index contributed by atoms with van der Waals surface area (Å²) in [6.45, 7) is 14.3. The van der Waals surface area contributed by atoms with Crippen LogP contribution < -0.4 is 5.73 Å². The van der Waals surface area contributed by atoms with Gasteiger partial charge in [0.15, 0.2) is 5.78 Å². The Morgan fingerprint density at radius 2 is 1.75 bits per heavy atom. The van der Waals surface area contributed by atoms with Gasteiger partial charge in [-0.05, 0) is 62.8 Å². The van der Waals surface area contributed by atoms with Crippen LogP contribution >= 0.6 is 0 Å². The van der Waals surface area contributed by atoms with Gasteiger partial charge in [-0.15, -0.1) is 0 Å². The summed E-state index contributed by atoms with van der Waals surface area (Å²) in [5.74, 6) is 0.103. The molecule has 0 aliphatic heterocycles. The molecule has 1 unspecified atom stereocenters. The Kier molecular flexibility index (Phi) is 9.39. The molecule has 0 saturated carbocycles. The van der Waals surface area contributed by atoms with Crippen LogP contribution in [0.4, 0.5) is 0 Å². The first kappa shape index (κ1) is 23.9. The van der Waals surface area contributed by atoms with Gasteiger partial charge < -0.3 is 15.7 Å². The Morgan fingerprint density at radius 1 is 1.21 bits per heavy atom. The van der Waals surface area contributed by atoms with Crippen molar-refractivity contribution in [3.05, 3.63) is 45.7 Å². The zero-order valence-electron chi connectivity index (χ0n) is 18.4. The maximum atomic E-state index is 12.7. The first-order chi connectivity index (χ1) is 13.1. The predicted molar refractivity (Wildman–Crippen MR) is 116 cm³/mol. The van der Waals surface area contributed by atoms with Crippen molar-refractivity contribution in [3.63, 3.8) is 0 Å². The van der Waals surface area contributed by atoms with Crippen molar-refractivity contribution in [1.29, 1.82) is 0 Å². The molecule has 5 nitrogen and oxygen atoms in total. The lowest BCUT2D eigenvalue weighted by molar-refractivity contribution is -0.116. The molecule has 1 atom stereocenters. The van der Waals surface area contributed by atoms with Crippen LogP contribution in [0.1, 0.15) is 75.1 Å². The Bertz CT molecular complexity index is 722. The molecule has 2 rings (SSSR count). The number of aliphatic hydroxyl groups excluding tert-OH is 1.